The summed E-state index contributed by atoms with van der Waals surface area (Å²) < 4.78 is 13.0. The van der Waals surface area contributed by atoms with Crippen LogP contribution in [0.15, 0.2) is 17.2 Å². The van der Waals surface area contributed by atoms with Gasteiger partial charge < -0.3 is 14.4 Å². The van der Waals surface area contributed by atoms with Crippen LogP contribution in [0, 0.1) is 11.8 Å². The van der Waals surface area contributed by atoms with Crippen LogP contribution in [0.1, 0.15) is 38.3 Å². The normalized spacial score (nSPS) is 21.6. The Bertz CT molecular complexity index is 586. The van der Waals surface area contributed by atoms with Crippen molar-refractivity contribution in [1.82, 2.24) is 14.5 Å². The molecule has 0 spiro atoms. The molecule has 2 saturated heterocycles. The van der Waals surface area contributed by atoms with Crippen LogP contribution in [0.4, 0.5) is 0 Å². The van der Waals surface area contributed by atoms with Crippen LogP contribution in [-0.2, 0) is 16.0 Å². The molecule has 0 amide bonds. The predicted molar refractivity (Wildman–Crippen MR) is 96.9 cm³/mol. The predicted octanol–water partition coefficient (Wildman–Crippen LogP) is 1.74. The van der Waals surface area contributed by atoms with Gasteiger partial charge in [-0.3, -0.25) is 9.36 Å². The molecule has 0 aromatic carbocycles. The van der Waals surface area contributed by atoms with Gasteiger partial charge in [-0.25, -0.2) is 4.98 Å². The number of rotatable bonds is 5. The van der Waals surface area contributed by atoms with Crippen molar-refractivity contribution in [2.24, 2.45) is 11.8 Å². The first kappa shape index (κ1) is 18.5. The van der Waals surface area contributed by atoms with Crippen LogP contribution < -0.4 is 5.56 Å². The van der Waals surface area contributed by atoms with Gasteiger partial charge in [0.05, 0.1) is 38.4 Å². The van der Waals surface area contributed by atoms with E-state index in [1.54, 1.807) is 17.0 Å². The van der Waals surface area contributed by atoms with Gasteiger partial charge in [0.25, 0.3) is 5.56 Å². The van der Waals surface area contributed by atoms with E-state index in [9.17, 15) is 4.79 Å². The average Bonchev–Trinajstić information content (AvgIpc) is 2.87. The lowest BCUT2D eigenvalue weighted by Gasteiger charge is -2.34. The summed E-state index contributed by atoms with van der Waals surface area (Å²) in [6, 6.07) is 1.69. The highest BCUT2D eigenvalue weighted by Crippen LogP contribution is 2.20. The maximum atomic E-state index is 12.3. The van der Waals surface area contributed by atoms with Gasteiger partial charge in [0.2, 0.25) is 0 Å². The largest absolute Gasteiger partial charge is 0.379 e. The number of likely N-dealkylation sites (tertiary alicyclic amines) is 1. The van der Waals surface area contributed by atoms with Gasteiger partial charge in [-0.15, -0.1) is 0 Å². The smallest absolute Gasteiger partial charge is 0.253 e. The Morgan fingerprint density at radius 1 is 1.12 bits per heavy atom. The van der Waals surface area contributed by atoms with E-state index < -0.39 is 0 Å². The highest BCUT2D eigenvalue weighted by Gasteiger charge is 2.23. The fourth-order valence-electron chi connectivity index (χ4n) is 3.66. The van der Waals surface area contributed by atoms with E-state index in [1.165, 1.54) is 0 Å². The summed E-state index contributed by atoms with van der Waals surface area (Å²) in [5, 5.41) is 0. The molecule has 0 aliphatic carbocycles. The van der Waals surface area contributed by atoms with Crippen LogP contribution in [-0.4, -0.2) is 60.5 Å². The molecule has 25 heavy (non-hydrogen) atoms. The van der Waals surface area contributed by atoms with Crippen molar-refractivity contribution in [2.75, 3.05) is 46.1 Å². The third-order valence-corrected chi connectivity index (χ3v) is 5.25. The molecular weight excluding hydrogens is 318 g/mol. The van der Waals surface area contributed by atoms with Crippen molar-refractivity contribution in [3.63, 3.8) is 0 Å². The van der Waals surface area contributed by atoms with Crippen LogP contribution in [0.2, 0.25) is 0 Å². The molecule has 0 atom stereocenters. The maximum Gasteiger partial charge on any atom is 0.253 e. The van der Waals surface area contributed by atoms with Gasteiger partial charge in [0.1, 0.15) is 0 Å². The number of hydrogen-bond acceptors (Lipinski definition) is 5. The average molecular weight is 349 g/mol. The van der Waals surface area contributed by atoms with Gasteiger partial charge in [-0.05, 0) is 37.8 Å². The lowest BCUT2D eigenvalue weighted by atomic mass is 9.96. The molecule has 0 N–H and O–H groups in total. The van der Waals surface area contributed by atoms with Crippen molar-refractivity contribution in [3.05, 3.63) is 28.4 Å². The van der Waals surface area contributed by atoms with E-state index in [0.29, 0.717) is 17.8 Å². The second kappa shape index (κ2) is 8.92. The molecule has 6 heteroatoms. The van der Waals surface area contributed by atoms with Crippen molar-refractivity contribution >= 4 is 0 Å². The second-order valence-electron chi connectivity index (χ2n) is 7.72. The zero-order valence-corrected chi connectivity index (χ0v) is 15.5. The molecule has 140 valence electrons. The van der Waals surface area contributed by atoms with Crippen LogP contribution in [0.3, 0.4) is 0 Å². The number of hydrogen-bond donors (Lipinski definition) is 0. The van der Waals surface area contributed by atoms with Crippen LogP contribution in [0.25, 0.3) is 0 Å². The first-order valence-corrected chi connectivity index (χ1v) is 9.56. The molecule has 2 aliphatic heterocycles. The quantitative estimate of drug-likeness (QED) is 0.810. The van der Waals surface area contributed by atoms with Crippen molar-refractivity contribution < 1.29 is 9.47 Å². The summed E-state index contributed by atoms with van der Waals surface area (Å²) in [5.41, 5.74) is 0.956. The summed E-state index contributed by atoms with van der Waals surface area (Å²) >= 11 is 0. The van der Waals surface area contributed by atoms with E-state index in [-0.39, 0.29) is 5.56 Å². The Morgan fingerprint density at radius 2 is 1.80 bits per heavy atom. The molecule has 1 aromatic rings. The van der Waals surface area contributed by atoms with Gasteiger partial charge in [-0.1, -0.05) is 13.8 Å². The van der Waals surface area contributed by atoms with Gasteiger partial charge in [-0.2, -0.15) is 0 Å². The molecule has 0 bridgehead atoms. The summed E-state index contributed by atoms with van der Waals surface area (Å²) in [4.78, 5) is 19.2. The van der Waals surface area contributed by atoms with E-state index in [0.717, 1.165) is 71.1 Å². The fourth-order valence-corrected chi connectivity index (χ4v) is 3.66. The SMILES string of the molecule is CC(C)c1cc(=O)n(CC2CCN(CC3COCCOC3)CC2)cn1. The molecule has 2 aliphatic rings. The first-order chi connectivity index (χ1) is 12.1. The Labute approximate surface area is 150 Å². The fraction of sp³-hybridized carbons (Fsp3) is 0.789. The van der Waals surface area contributed by atoms with Crippen molar-refractivity contribution in [3.8, 4) is 0 Å². The van der Waals surface area contributed by atoms with Gasteiger partial charge in [0, 0.05) is 25.1 Å². The van der Waals surface area contributed by atoms with Crippen LogP contribution >= 0.6 is 0 Å². The Hall–Kier alpha value is -1.24. The molecule has 2 fully saturated rings. The third kappa shape index (κ3) is 5.36. The maximum absolute atomic E-state index is 12.3. The van der Waals surface area contributed by atoms with E-state index in [4.69, 9.17) is 9.47 Å². The zero-order chi connectivity index (χ0) is 17.6. The Morgan fingerprint density at radius 3 is 2.40 bits per heavy atom. The molecule has 0 radical (unpaired) electrons. The Kier molecular flexibility index (Phi) is 6.62. The van der Waals surface area contributed by atoms with Crippen LogP contribution in [0.5, 0.6) is 0 Å². The molecule has 3 heterocycles. The standard InChI is InChI=1S/C19H31N3O3/c1-15(2)18-9-19(23)22(14-20-18)11-16-3-5-21(6-4-16)10-17-12-24-7-8-25-13-17/h9,14-17H,3-8,10-13H2,1-2H3. The van der Waals surface area contributed by atoms with Gasteiger partial charge >= 0.3 is 0 Å². The van der Waals surface area contributed by atoms with Crippen molar-refractivity contribution in [1.29, 1.82) is 0 Å². The molecule has 1 aromatic heterocycles. The van der Waals surface area contributed by atoms with Gasteiger partial charge in [0.15, 0.2) is 0 Å². The second-order valence-corrected chi connectivity index (χ2v) is 7.72. The minimum absolute atomic E-state index is 0.0777. The number of piperidine rings is 1. The number of ether oxygens (including phenoxy) is 2. The highest BCUT2D eigenvalue weighted by molar-refractivity contribution is 5.04. The monoisotopic (exact) mass is 349 g/mol. The molecular formula is C19H31N3O3. The summed E-state index contributed by atoms with van der Waals surface area (Å²) in [7, 11) is 0. The summed E-state index contributed by atoms with van der Waals surface area (Å²) in [6.07, 6.45) is 3.99. The minimum Gasteiger partial charge on any atom is -0.379 e. The lowest BCUT2D eigenvalue weighted by molar-refractivity contribution is 0.0855. The highest BCUT2D eigenvalue weighted by atomic mass is 16.5. The molecule has 0 unspecified atom stereocenters. The zero-order valence-electron chi connectivity index (χ0n) is 15.5. The number of nitrogens with zero attached hydrogens (tertiary/aromatic N) is 3. The van der Waals surface area contributed by atoms with E-state index in [2.05, 4.69) is 23.7 Å². The Balaban J connectivity index is 1.47. The van der Waals surface area contributed by atoms with Crippen molar-refractivity contribution in [2.45, 2.75) is 39.2 Å². The number of aromatic nitrogens is 2. The summed E-state index contributed by atoms with van der Waals surface area (Å²) in [5.74, 6) is 1.33. The first-order valence-electron chi connectivity index (χ1n) is 9.56. The summed E-state index contributed by atoms with van der Waals surface area (Å²) in [6.45, 7) is 11.2. The van der Waals surface area contributed by atoms with E-state index in [1.807, 2.05) is 0 Å². The third-order valence-electron chi connectivity index (χ3n) is 5.25. The molecule has 6 nitrogen and oxygen atoms in total. The van der Waals surface area contributed by atoms with E-state index >= 15 is 0 Å². The topological polar surface area (TPSA) is 56.6 Å². The molecule has 0 saturated carbocycles. The molecule has 3 rings (SSSR count). The minimum atomic E-state index is 0.0777. The lowest BCUT2D eigenvalue weighted by Crippen LogP contribution is -2.40.